The maximum Gasteiger partial charge on any atom is 0.220 e. The molecule has 0 spiro atoms. The number of ether oxygens (including phenoxy) is 4. The van der Waals surface area contributed by atoms with Crippen LogP contribution in [0.5, 0.6) is 0 Å². The standard InChI is InChI=1S/C38H69NO13/c1-3-5-7-9-10-11-12-13-14-15-16-17-18-19-21-27(42)26(39-30(43)22-20-8-6-4-2)25-49-37-35(48)33(46)36(29(24-41)51-37)52-38-34(47)32(45)31(44)28(23-40)50-38/h15-16,19,21,26-29,31-38,40-42,44-48H,3-14,17-18,20,22-25H2,1-2H3,(H,39,43)/b16-15+,21-19+. The van der Waals surface area contributed by atoms with Crippen LogP contribution in [0, 0.1) is 0 Å². The molecule has 14 nitrogen and oxygen atoms in total. The minimum atomic E-state index is -1.79. The topological polar surface area (TPSA) is 228 Å². The Labute approximate surface area is 309 Å². The average molecular weight is 748 g/mol. The molecule has 1 amide bonds. The fraction of sp³-hybridized carbons (Fsp3) is 0.868. The minimum Gasteiger partial charge on any atom is -0.394 e. The van der Waals surface area contributed by atoms with Gasteiger partial charge >= 0.3 is 0 Å². The number of allylic oxidation sites excluding steroid dienone is 3. The molecule has 2 aliphatic rings. The summed E-state index contributed by atoms with van der Waals surface area (Å²) in [5.74, 6) is -0.271. The monoisotopic (exact) mass is 747 g/mol. The van der Waals surface area contributed by atoms with E-state index in [1.54, 1.807) is 6.08 Å². The third-order valence-electron chi connectivity index (χ3n) is 9.64. The van der Waals surface area contributed by atoms with E-state index in [9.17, 15) is 45.6 Å². The van der Waals surface area contributed by atoms with Gasteiger partial charge in [0.1, 0.15) is 48.8 Å². The van der Waals surface area contributed by atoms with Gasteiger partial charge in [-0.3, -0.25) is 4.79 Å². The van der Waals surface area contributed by atoms with Crippen LogP contribution in [-0.2, 0) is 23.7 Å². The van der Waals surface area contributed by atoms with Gasteiger partial charge in [-0.15, -0.1) is 0 Å². The predicted molar refractivity (Wildman–Crippen MR) is 194 cm³/mol. The van der Waals surface area contributed by atoms with E-state index in [1.165, 1.54) is 51.4 Å². The third kappa shape index (κ3) is 16.5. The Morgan fingerprint density at radius 3 is 1.88 bits per heavy atom. The molecule has 12 unspecified atom stereocenters. The number of aliphatic hydroxyl groups excluding tert-OH is 8. The first-order valence-corrected chi connectivity index (χ1v) is 19.6. The zero-order chi connectivity index (χ0) is 38.3. The number of hydrogen-bond donors (Lipinski definition) is 9. The van der Waals surface area contributed by atoms with E-state index in [1.807, 2.05) is 6.08 Å². The lowest BCUT2D eigenvalue weighted by molar-refractivity contribution is -0.359. The van der Waals surface area contributed by atoms with E-state index < -0.39 is 86.8 Å². The maximum atomic E-state index is 12.8. The Morgan fingerprint density at radius 1 is 0.673 bits per heavy atom. The lowest BCUT2D eigenvalue weighted by atomic mass is 9.97. The van der Waals surface area contributed by atoms with Crippen LogP contribution in [0.3, 0.4) is 0 Å². The SMILES string of the molecule is CCCCCCCCCC/C=C/CC/C=C/C(O)C(COC1OC(CO)C(OC2OC(CO)C(O)C(O)C2O)C(O)C1O)NC(=O)CCCCCC. The van der Waals surface area contributed by atoms with Gasteiger partial charge in [0.15, 0.2) is 12.6 Å². The summed E-state index contributed by atoms with van der Waals surface area (Å²) in [4.78, 5) is 12.8. The Morgan fingerprint density at radius 2 is 1.23 bits per heavy atom. The summed E-state index contributed by atoms with van der Waals surface area (Å²) in [6.45, 7) is 2.57. The quantitative estimate of drug-likeness (QED) is 0.0433. The number of unbranched alkanes of at least 4 members (excludes halogenated alkanes) is 12. The van der Waals surface area contributed by atoms with E-state index in [0.29, 0.717) is 12.8 Å². The second kappa shape index (κ2) is 27.1. The van der Waals surface area contributed by atoms with E-state index in [0.717, 1.165) is 32.1 Å². The molecule has 0 saturated carbocycles. The van der Waals surface area contributed by atoms with Crippen molar-refractivity contribution in [3.63, 3.8) is 0 Å². The largest absolute Gasteiger partial charge is 0.394 e. The third-order valence-corrected chi connectivity index (χ3v) is 9.64. The van der Waals surface area contributed by atoms with Crippen molar-refractivity contribution in [2.75, 3.05) is 19.8 Å². The van der Waals surface area contributed by atoms with Crippen LogP contribution in [0.25, 0.3) is 0 Å². The van der Waals surface area contributed by atoms with Crippen LogP contribution in [-0.4, -0.2) is 140 Å². The molecule has 2 rings (SSSR count). The van der Waals surface area contributed by atoms with Crippen LogP contribution in [0.4, 0.5) is 0 Å². The molecule has 304 valence electrons. The predicted octanol–water partition coefficient (Wildman–Crippen LogP) is 1.87. The zero-order valence-electron chi connectivity index (χ0n) is 31.3. The summed E-state index contributed by atoms with van der Waals surface area (Å²) in [6, 6.07) is -0.920. The van der Waals surface area contributed by atoms with Gasteiger partial charge in [0.25, 0.3) is 0 Å². The molecule has 0 aromatic heterocycles. The van der Waals surface area contributed by atoms with Crippen molar-refractivity contribution in [2.45, 2.75) is 190 Å². The van der Waals surface area contributed by atoms with Crippen molar-refractivity contribution in [1.29, 1.82) is 0 Å². The average Bonchev–Trinajstić information content (AvgIpc) is 3.14. The Balaban J connectivity index is 1.93. The molecule has 2 saturated heterocycles. The molecule has 0 aromatic rings. The molecule has 2 fully saturated rings. The number of carbonyl (C=O) groups excluding carboxylic acids is 1. The Bertz CT molecular complexity index is 983. The van der Waals surface area contributed by atoms with Gasteiger partial charge in [0, 0.05) is 6.42 Å². The molecule has 0 aromatic carbocycles. The van der Waals surface area contributed by atoms with Crippen LogP contribution in [0.2, 0.25) is 0 Å². The highest BCUT2D eigenvalue weighted by atomic mass is 16.7. The molecule has 12 atom stereocenters. The zero-order valence-corrected chi connectivity index (χ0v) is 31.3. The van der Waals surface area contributed by atoms with Gasteiger partial charge in [0.05, 0.1) is 32.0 Å². The minimum absolute atomic E-state index is 0.265. The number of amides is 1. The molecular weight excluding hydrogens is 678 g/mol. The molecule has 14 heteroatoms. The first-order valence-electron chi connectivity index (χ1n) is 19.6. The lowest BCUT2D eigenvalue weighted by Crippen LogP contribution is -2.65. The van der Waals surface area contributed by atoms with E-state index in [4.69, 9.17) is 18.9 Å². The second-order valence-corrected chi connectivity index (χ2v) is 14.1. The summed E-state index contributed by atoms with van der Waals surface area (Å²) in [6.07, 6.45) is 7.44. The fourth-order valence-electron chi connectivity index (χ4n) is 6.30. The van der Waals surface area contributed by atoms with Crippen LogP contribution < -0.4 is 5.32 Å². The van der Waals surface area contributed by atoms with Crippen LogP contribution in [0.15, 0.2) is 24.3 Å². The molecular formula is C38H69NO13. The van der Waals surface area contributed by atoms with Crippen molar-refractivity contribution >= 4 is 5.91 Å². The van der Waals surface area contributed by atoms with Gasteiger partial charge in [-0.25, -0.2) is 0 Å². The summed E-state index contributed by atoms with van der Waals surface area (Å²) in [7, 11) is 0. The summed E-state index contributed by atoms with van der Waals surface area (Å²) in [5, 5.41) is 85.7. The number of carbonyl (C=O) groups is 1. The molecule has 0 radical (unpaired) electrons. The highest BCUT2D eigenvalue weighted by Gasteiger charge is 2.50. The fourth-order valence-corrected chi connectivity index (χ4v) is 6.30. The van der Waals surface area contributed by atoms with Crippen molar-refractivity contribution in [3.8, 4) is 0 Å². The van der Waals surface area contributed by atoms with Crippen LogP contribution in [0.1, 0.15) is 117 Å². The maximum absolute atomic E-state index is 12.8. The first kappa shape index (κ1) is 46.6. The number of aliphatic hydroxyl groups is 8. The molecule has 9 N–H and O–H groups in total. The van der Waals surface area contributed by atoms with Crippen LogP contribution >= 0.6 is 0 Å². The molecule has 52 heavy (non-hydrogen) atoms. The molecule has 0 bridgehead atoms. The van der Waals surface area contributed by atoms with Crippen molar-refractivity contribution in [2.24, 2.45) is 0 Å². The summed E-state index contributed by atoms with van der Waals surface area (Å²) in [5.41, 5.74) is 0. The van der Waals surface area contributed by atoms with Gasteiger partial charge in [-0.2, -0.15) is 0 Å². The molecule has 2 heterocycles. The second-order valence-electron chi connectivity index (χ2n) is 14.1. The summed E-state index contributed by atoms with van der Waals surface area (Å²) < 4.78 is 22.4. The van der Waals surface area contributed by atoms with Crippen molar-refractivity contribution in [3.05, 3.63) is 24.3 Å². The van der Waals surface area contributed by atoms with Crippen molar-refractivity contribution in [1.82, 2.24) is 5.32 Å². The van der Waals surface area contributed by atoms with Crippen molar-refractivity contribution < 1.29 is 64.6 Å². The molecule has 2 aliphatic heterocycles. The van der Waals surface area contributed by atoms with E-state index in [2.05, 4.69) is 31.3 Å². The van der Waals surface area contributed by atoms with Gasteiger partial charge < -0.3 is 65.1 Å². The number of rotatable bonds is 27. The lowest BCUT2D eigenvalue weighted by Gasteiger charge is -2.46. The first-order chi connectivity index (χ1) is 25.1. The highest BCUT2D eigenvalue weighted by molar-refractivity contribution is 5.76. The van der Waals surface area contributed by atoms with Gasteiger partial charge in [0.2, 0.25) is 5.91 Å². The highest BCUT2D eigenvalue weighted by Crippen LogP contribution is 2.29. The van der Waals surface area contributed by atoms with Gasteiger partial charge in [-0.1, -0.05) is 102 Å². The van der Waals surface area contributed by atoms with E-state index in [-0.39, 0.29) is 18.9 Å². The molecule has 0 aliphatic carbocycles. The normalized spacial score (nSPS) is 31.0. The number of hydrogen-bond acceptors (Lipinski definition) is 13. The Kier molecular flexibility index (Phi) is 24.3. The van der Waals surface area contributed by atoms with E-state index >= 15 is 0 Å². The Hall–Kier alpha value is -1.53. The van der Waals surface area contributed by atoms with Gasteiger partial charge in [-0.05, 0) is 32.1 Å². The summed E-state index contributed by atoms with van der Waals surface area (Å²) >= 11 is 0. The number of nitrogens with one attached hydrogen (secondary N) is 1. The smallest absolute Gasteiger partial charge is 0.220 e.